The third-order valence-corrected chi connectivity index (χ3v) is 4.54. The molecule has 126 valence electrons. The summed E-state index contributed by atoms with van der Waals surface area (Å²) in [6.45, 7) is 6.78. The van der Waals surface area contributed by atoms with Gasteiger partial charge in [0, 0.05) is 38.9 Å². The van der Waals surface area contributed by atoms with Crippen LogP contribution in [0.1, 0.15) is 30.9 Å². The first-order valence-electron chi connectivity index (χ1n) is 8.52. The van der Waals surface area contributed by atoms with E-state index >= 15 is 0 Å². The van der Waals surface area contributed by atoms with Crippen molar-refractivity contribution in [2.24, 2.45) is 0 Å². The Labute approximate surface area is 137 Å². The normalized spacial score (nSPS) is 21.2. The lowest BCUT2D eigenvalue weighted by Crippen LogP contribution is -2.34. The first kappa shape index (κ1) is 16.4. The number of anilines is 1. The van der Waals surface area contributed by atoms with Crippen molar-refractivity contribution in [3.8, 4) is 0 Å². The van der Waals surface area contributed by atoms with Crippen molar-refractivity contribution >= 4 is 11.6 Å². The van der Waals surface area contributed by atoms with Crippen molar-refractivity contribution in [1.29, 1.82) is 0 Å². The summed E-state index contributed by atoms with van der Waals surface area (Å²) in [6.07, 6.45) is 3.56. The van der Waals surface area contributed by atoms with E-state index in [2.05, 4.69) is 16.3 Å². The van der Waals surface area contributed by atoms with Crippen molar-refractivity contribution < 1.29 is 14.3 Å². The molecule has 1 aromatic carbocycles. The SMILES string of the molecule is CC(=O)Nc1cccc2c1CCN(CCOCC1CCCO1)C2. The molecule has 1 aromatic rings. The van der Waals surface area contributed by atoms with Gasteiger partial charge in [-0.15, -0.1) is 0 Å². The van der Waals surface area contributed by atoms with Crippen molar-refractivity contribution in [2.45, 2.75) is 38.8 Å². The van der Waals surface area contributed by atoms with E-state index in [-0.39, 0.29) is 5.91 Å². The molecular weight excluding hydrogens is 292 g/mol. The largest absolute Gasteiger partial charge is 0.377 e. The van der Waals surface area contributed by atoms with E-state index < -0.39 is 0 Å². The van der Waals surface area contributed by atoms with Gasteiger partial charge in [-0.2, -0.15) is 0 Å². The van der Waals surface area contributed by atoms with Gasteiger partial charge in [0.2, 0.25) is 5.91 Å². The van der Waals surface area contributed by atoms with E-state index in [0.29, 0.717) is 6.10 Å². The summed E-state index contributed by atoms with van der Waals surface area (Å²) >= 11 is 0. The van der Waals surface area contributed by atoms with Crippen molar-refractivity contribution in [3.63, 3.8) is 0 Å². The molecule has 0 aromatic heterocycles. The Balaban J connectivity index is 1.47. The monoisotopic (exact) mass is 318 g/mol. The molecule has 1 fully saturated rings. The van der Waals surface area contributed by atoms with Gasteiger partial charge in [-0.05, 0) is 36.5 Å². The highest BCUT2D eigenvalue weighted by molar-refractivity contribution is 5.89. The number of carbonyl (C=O) groups excluding carboxylic acids is 1. The molecule has 0 bridgehead atoms. The molecule has 0 spiro atoms. The van der Waals surface area contributed by atoms with Crippen LogP contribution in [0.25, 0.3) is 0 Å². The Kier molecular flexibility index (Phi) is 5.65. The van der Waals surface area contributed by atoms with E-state index in [4.69, 9.17) is 9.47 Å². The number of carbonyl (C=O) groups is 1. The second-order valence-electron chi connectivity index (χ2n) is 6.36. The molecule has 0 radical (unpaired) electrons. The lowest BCUT2D eigenvalue weighted by Gasteiger charge is -2.30. The number of amides is 1. The molecular formula is C18H26N2O3. The van der Waals surface area contributed by atoms with Crippen LogP contribution >= 0.6 is 0 Å². The predicted octanol–water partition coefficient (Wildman–Crippen LogP) is 2.20. The first-order chi connectivity index (χ1) is 11.2. The van der Waals surface area contributed by atoms with Gasteiger partial charge in [0.05, 0.1) is 19.3 Å². The fourth-order valence-corrected chi connectivity index (χ4v) is 3.35. The first-order valence-corrected chi connectivity index (χ1v) is 8.52. The summed E-state index contributed by atoms with van der Waals surface area (Å²) in [7, 11) is 0. The van der Waals surface area contributed by atoms with Gasteiger partial charge < -0.3 is 14.8 Å². The summed E-state index contributed by atoms with van der Waals surface area (Å²) in [4.78, 5) is 13.7. The van der Waals surface area contributed by atoms with Gasteiger partial charge in [0.15, 0.2) is 0 Å². The topological polar surface area (TPSA) is 50.8 Å². The molecule has 3 rings (SSSR count). The summed E-state index contributed by atoms with van der Waals surface area (Å²) in [5.41, 5.74) is 3.55. The smallest absolute Gasteiger partial charge is 0.221 e. The van der Waals surface area contributed by atoms with Crippen molar-refractivity contribution in [1.82, 2.24) is 4.90 Å². The van der Waals surface area contributed by atoms with Crippen LogP contribution in [0, 0.1) is 0 Å². The minimum absolute atomic E-state index is 0.0108. The van der Waals surface area contributed by atoms with Crippen molar-refractivity contribution in [2.75, 3.05) is 38.2 Å². The predicted molar refractivity (Wildman–Crippen MR) is 89.5 cm³/mol. The van der Waals surface area contributed by atoms with E-state index in [0.717, 1.165) is 64.4 Å². The standard InChI is InChI=1S/C18H26N2O3/c1-14(21)19-18-6-2-4-15-12-20(8-7-17(15)18)9-11-22-13-16-5-3-10-23-16/h2,4,6,16H,3,5,7-13H2,1H3,(H,19,21). The maximum Gasteiger partial charge on any atom is 0.221 e. The Hall–Kier alpha value is -1.43. The minimum Gasteiger partial charge on any atom is -0.377 e. The molecule has 23 heavy (non-hydrogen) atoms. The van der Waals surface area contributed by atoms with Gasteiger partial charge in [-0.1, -0.05) is 12.1 Å². The fourth-order valence-electron chi connectivity index (χ4n) is 3.35. The molecule has 2 aliphatic heterocycles. The molecule has 1 N–H and O–H groups in total. The third kappa shape index (κ3) is 4.53. The lowest BCUT2D eigenvalue weighted by atomic mass is 9.97. The molecule has 1 unspecified atom stereocenters. The summed E-state index contributed by atoms with van der Waals surface area (Å²) in [6, 6.07) is 6.15. The van der Waals surface area contributed by atoms with E-state index in [1.165, 1.54) is 11.1 Å². The Morgan fingerprint density at radius 2 is 2.39 bits per heavy atom. The fraction of sp³-hybridized carbons (Fsp3) is 0.611. The van der Waals surface area contributed by atoms with Crippen LogP contribution in [0.2, 0.25) is 0 Å². The number of hydrogen-bond donors (Lipinski definition) is 1. The van der Waals surface area contributed by atoms with Gasteiger partial charge in [-0.3, -0.25) is 9.69 Å². The summed E-state index contributed by atoms with van der Waals surface area (Å²) in [5, 5.41) is 2.94. The number of benzene rings is 1. The van der Waals surface area contributed by atoms with Crippen LogP contribution in [0.3, 0.4) is 0 Å². The molecule has 5 nitrogen and oxygen atoms in total. The highest BCUT2D eigenvalue weighted by Crippen LogP contribution is 2.26. The number of rotatable bonds is 6. The molecule has 0 saturated carbocycles. The minimum atomic E-state index is -0.0108. The summed E-state index contributed by atoms with van der Waals surface area (Å²) < 4.78 is 11.3. The second-order valence-corrected chi connectivity index (χ2v) is 6.36. The van der Waals surface area contributed by atoms with Gasteiger partial charge in [-0.25, -0.2) is 0 Å². The van der Waals surface area contributed by atoms with E-state index in [9.17, 15) is 4.79 Å². The number of nitrogens with one attached hydrogen (secondary N) is 1. The van der Waals surface area contributed by atoms with Gasteiger partial charge >= 0.3 is 0 Å². The molecule has 1 amide bonds. The van der Waals surface area contributed by atoms with Crippen LogP contribution in [-0.4, -0.2) is 49.8 Å². The maximum absolute atomic E-state index is 11.3. The number of ether oxygens (including phenoxy) is 2. The quantitative estimate of drug-likeness (QED) is 0.817. The maximum atomic E-state index is 11.3. The second kappa shape index (κ2) is 7.90. The third-order valence-electron chi connectivity index (χ3n) is 4.54. The van der Waals surface area contributed by atoms with Crippen LogP contribution in [-0.2, 0) is 27.2 Å². The zero-order valence-electron chi connectivity index (χ0n) is 13.8. The molecule has 2 aliphatic rings. The van der Waals surface area contributed by atoms with E-state index in [1.807, 2.05) is 12.1 Å². The van der Waals surface area contributed by atoms with Crippen molar-refractivity contribution in [3.05, 3.63) is 29.3 Å². The average molecular weight is 318 g/mol. The zero-order valence-corrected chi connectivity index (χ0v) is 13.8. The molecule has 1 atom stereocenters. The highest BCUT2D eigenvalue weighted by Gasteiger charge is 2.19. The Morgan fingerprint density at radius 1 is 1.48 bits per heavy atom. The van der Waals surface area contributed by atoms with Crippen LogP contribution in [0.15, 0.2) is 18.2 Å². The number of fused-ring (bicyclic) bond motifs is 1. The Bertz CT molecular complexity index is 541. The Morgan fingerprint density at radius 3 is 3.17 bits per heavy atom. The number of hydrogen-bond acceptors (Lipinski definition) is 4. The van der Waals surface area contributed by atoms with Crippen LogP contribution in [0.5, 0.6) is 0 Å². The zero-order chi connectivity index (χ0) is 16.1. The van der Waals surface area contributed by atoms with Gasteiger partial charge in [0.25, 0.3) is 0 Å². The average Bonchev–Trinajstić information content (AvgIpc) is 3.04. The van der Waals surface area contributed by atoms with Crippen LogP contribution < -0.4 is 5.32 Å². The molecule has 0 aliphatic carbocycles. The summed E-state index contributed by atoms with van der Waals surface area (Å²) in [5.74, 6) is -0.0108. The van der Waals surface area contributed by atoms with E-state index in [1.54, 1.807) is 6.92 Å². The number of nitrogens with zero attached hydrogens (tertiary/aromatic N) is 1. The molecule has 5 heteroatoms. The lowest BCUT2D eigenvalue weighted by molar-refractivity contribution is -0.114. The van der Waals surface area contributed by atoms with Gasteiger partial charge in [0.1, 0.15) is 0 Å². The van der Waals surface area contributed by atoms with Crippen LogP contribution in [0.4, 0.5) is 5.69 Å². The highest BCUT2D eigenvalue weighted by atomic mass is 16.5. The molecule has 2 heterocycles. The molecule has 1 saturated heterocycles.